The van der Waals surface area contributed by atoms with Crippen LogP contribution in [0, 0.1) is 5.92 Å². The predicted octanol–water partition coefficient (Wildman–Crippen LogP) is 0.607. The average molecular weight is 199 g/mol. The lowest BCUT2D eigenvalue weighted by Crippen LogP contribution is -2.52. The minimum absolute atomic E-state index is 0.674. The minimum Gasteiger partial charge on any atom is -0.330 e. The Morgan fingerprint density at radius 2 is 2.07 bits per heavy atom. The van der Waals surface area contributed by atoms with E-state index in [1.165, 1.54) is 26.2 Å². The first kappa shape index (κ1) is 12.0. The fourth-order valence-corrected chi connectivity index (χ4v) is 2.20. The van der Waals surface area contributed by atoms with Gasteiger partial charge in [0, 0.05) is 32.2 Å². The standard InChI is InChI=1S/C11H25N3/c1-10(2)8-14-7-6-13(3)11(9-14)4-5-12/h10-11H,4-9,12H2,1-3H3. The monoisotopic (exact) mass is 199 g/mol. The van der Waals surface area contributed by atoms with E-state index in [0.717, 1.165) is 18.9 Å². The molecule has 2 N–H and O–H groups in total. The second-order valence-electron chi connectivity index (χ2n) is 4.87. The van der Waals surface area contributed by atoms with Gasteiger partial charge in [-0.25, -0.2) is 0 Å². The normalized spacial score (nSPS) is 25.9. The molecule has 0 aromatic heterocycles. The fraction of sp³-hybridized carbons (Fsp3) is 1.00. The summed E-state index contributed by atoms with van der Waals surface area (Å²) in [7, 11) is 2.22. The molecule has 1 atom stereocenters. The largest absolute Gasteiger partial charge is 0.330 e. The maximum absolute atomic E-state index is 5.62. The second-order valence-corrected chi connectivity index (χ2v) is 4.87. The number of nitrogens with two attached hydrogens (primary N) is 1. The molecular weight excluding hydrogens is 174 g/mol. The highest BCUT2D eigenvalue weighted by Crippen LogP contribution is 2.11. The number of nitrogens with zero attached hydrogens (tertiary/aromatic N) is 2. The zero-order valence-electron chi connectivity index (χ0n) is 9.87. The summed E-state index contributed by atoms with van der Waals surface area (Å²) < 4.78 is 0. The molecule has 0 bridgehead atoms. The molecule has 84 valence electrons. The van der Waals surface area contributed by atoms with Crippen molar-refractivity contribution in [2.24, 2.45) is 11.7 Å². The molecule has 1 unspecified atom stereocenters. The van der Waals surface area contributed by atoms with E-state index in [9.17, 15) is 0 Å². The van der Waals surface area contributed by atoms with Gasteiger partial charge < -0.3 is 15.5 Å². The molecule has 0 aliphatic carbocycles. The Hall–Kier alpha value is -0.120. The third kappa shape index (κ3) is 3.56. The number of hydrogen-bond acceptors (Lipinski definition) is 3. The topological polar surface area (TPSA) is 32.5 Å². The summed E-state index contributed by atoms with van der Waals surface area (Å²) in [5.41, 5.74) is 5.62. The highest BCUT2D eigenvalue weighted by atomic mass is 15.3. The van der Waals surface area contributed by atoms with Crippen molar-refractivity contribution in [2.75, 3.05) is 39.8 Å². The molecule has 0 aromatic carbocycles. The van der Waals surface area contributed by atoms with Gasteiger partial charge in [0.15, 0.2) is 0 Å². The van der Waals surface area contributed by atoms with E-state index in [1.807, 2.05) is 0 Å². The first-order valence-corrected chi connectivity index (χ1v) is 5.76. The molecule has 0 aromatic rings. The Morgan fingerprint density at radius 1 is 1.36 bits per heavy atom. The molecule has 0 amide bonds. The van der Waals surface area contributed by atoms with Crippen molar-refractivity contribution in [3.63, 3.8) is 0 Å². The van der Waals surface area contributed by atoms with Crippen LogP contribution in [0.2, 0.25) is 0 Å². The van der Waals surface area contributed by atoms with E-state index < -0.39 is 0 Å². The van der Waals surface area contributed by atoms with Crippen molar-refractivity contribution in [2.45, 2.75) is 26.3 Å². The van der Waals surface area contributed by atoms with Crippen molar-refractivity contribution in [1.82, 2.24) is 9.80 Å². The van der Waals surface area contributed by atoms with Crippen LogP contribution in [0.3, 0.4) is 0 Å². The highest BCUT2D eigenvalue weighted by Gasteiger charge is 2.23. The Labute approximate surface area is 88.2 Å². The van der Waals surface area contributed by atoms with Crippen LogP contribution in [0.25, 0.3) is 0 Å². The number of rotatable bonds is 4. The summed E-state index contributed by atoms with van der Waals surface area (Å²) in [4.78, 5) is 5.02. The molecule has 1 aliphatic rings. The summed E-state index contributed by atoms with van der Waals surface area (Å²) in [5, 5.41) is 0. The molecule has 1 heterocycles. The molecule has 3 heteroatoms. The summed E-state index contributed by atoms with van der Waals surface area (Å²) in [6.45, 7) is 10.2. The predicted molar refractivity (Wildman–Crippen MR) is 61.4 cm³/mol. The molecule has 3 nitrogen and oxygen atoms in total. The van der Waals surface area contributed by atoms with Crippen LogP contribution in [0.15, 0.2) is 0 Å². The summed E-state index contributed by atoms with van der Waals surface area (Å²) in [6, 6.07) is 0.674. The van der Waals surface area contributed by atoms with Crippen LogP contribution in [0.4, 0.5) is 0 Å². The van der Waals surface area contributed by atoms with E-state index in [0.29, 0.717) is 6.04 Å². The Bertz CT molecular complexity index is 159. The van der Waals surface area contributed by atoms with Gasteiger partial charge in [0.05, 0.1) is 0 Å². The smallest absolute Gasteiger partial charge is 0.0232 e. The van der Waals surface area contributed by atoms with Crippen LogP contribution in [-0.2, 0) is 0 Å². The van der Waals surface area contributed by atoms with Gasteiger partial charge >= 0.3 is 0 Å². The van der Waals surface area contributed by atoms with Crippen molar-refractivity contribution >= 4 is 0 Å². The van der Waals surface area contributed by atoms with Gasteiger partial charge in [-0.2, -0.15) is 0 Å². The van der Waals surface area contributed by atoms with Gasteiger partial charge in [-0.15, -0.1) is 0 Å². The van der Waals surface area contributed by atoms with E-state index in [2.05, 4.69) is 30.7 Å². The Morgan fingerprint density at radius 3 is 2.64 bits per heavy atom. The molecule has 0 saturated carbocycles. The lowest BCUT2D eigenvalue weighted by molar-refractivity contribution is 0.0839. The number of hydrogen-bond donors (Lipinski definition) is 1. The minimum atomic E-state index is 0.674. The maximum Gasteiger partial charge on any atom is 0.0232 e. The van der Waals surface area contributed by atoms with Crippen molar-refractivity contribution in [1.29, 1.82) is 0 Å². The molecule has 0 radical (unpaired) electrons. The number of piperazine rings is 1. The van der Waals surface area contributed by atoms with Crippen LogP contribution in [0.1, 0.15) is 20.3 Å². The van der Waals surface area contributed by atoms with Gasteiger partial charge in [-0.3, -0.25) is 0 Å². The van der Waals surface area contributed by atoms with Crippen molar-refractivity contribution in [3.8, 4) is 0 Å². The number of likely N-dealkylation sites (N-methyl/N-ethyl adjacent to an activating group) is 1. The van der Waals surface area contributed by atoms with Gasteiger partial charge in [-0.05, 0) is 25.9 Å². The quantitative estimate of drug-likeness (QED) is 0.720. The van der Waals surface area contributed by atoms with Crippen molar-refractivity contribution < 1.29 is 0 Å². The zero-order valence-corrected chi connectivity index (χ0v) is 9.87. The fourth-order valence-electron chi connectivity index (χ4n) is 2.20. The Balaban J connectivity index is 2.36. The lowest BCUT2D eigenvalue weighted by atomic mass is 10.1. The van der Waals surface area contributed by atoms with Crippen LogP contribution < -0.4 is 5.73 Å². The average Bonchev–Trinajstić information content (AvgIpc) is 2.10. The first-order chi connectivity index (χ1) is 6.63. The van der Waals surface area contributed by atoms with E-state index in [1.54, 1.807) is 0 Å². The summed E-state index contributed by atoms with van der Waals surface area (Å²) in [6.07, 6.45) is 1.13. The lowest BCUT2D eigenvalue weighted by Gasteiger charge is -2.40. The van der Waals surface area contributed by atoms with Crippen molar-refractivity contribution in [3.05, 3.63) is 0 Å². The third-order valence-corrected chi connectivity index (χ3v) is 2.98. The van der Waals surface area contributed by atoms with Gasteiger partial charge in [0.2, 0.25) is 0 Å². The van der Waals surface area contributed by atoms with Gasteiger partial charge in [0.1, 0.15) is 0 Å². The summed E-state index contributed by atoms with van der Waals surface area (Å²) in [5.74, 6) is 0.775. The maximum atomic E-state index is 5.62. The molecule has 1 rings (SSSR count). The second kappa shape index (κ2) is 5.69. The van der Waals surface area contributed by atoms with Gasteiger partial charge in [-0.1, -0.05) is 13.8 Å². The van der Waals surface area contributed by atoms with Gasteiger partial charge in [0.25, 0.3) is 0 Å². The van der Waals surface area contributed by atoms with Crippen LogP contribution in [0.5, 0.6) is 0 Å². The molecular formula is C11H25N3. The zero-order chi connectivity index (χ0) is 10.6. The Kier molecular flexibility index (Phi) is 4.85. The molecule has 1 saturated heterocycles. The van der Waals surface area contributed by atoms with Crippen LogP contribution >= 0.6 is 0 Å². The molecule has 0 spiro atoms. The molecule has 1 fully saturated rings. The van der Waals surface area contributed by atoms with E-state index >= 15 is 0 Å². The summed E-state index contributed by atoms with van der Waals surface area (Å²) >= 11 is 0. The SMILES string of the molecule is CC(C)CN1CCN(C)C(CCN)C1. The molecule has 1 aliphatic heterocycles. The van der Waals surface area contributed by atoms with E-state index in [-0.39, 0.29) is 0 Å². The molecule has 14 heavy (non-hydrogen) atoms. The third-order valence-electron chi connectivity index (χ3n) is 2.98. The highest BCUT2D eigenvalue weighted by molar-refractivity contribution is 4.80. The van der Waals surface area contributed by atoms with E-state index in [4.69, 9.17) is 5.73 Å². The first-order valence-electron chi connectivity index (χ1n) is 5.76. The van der Waals surface area contributed by atoms with Crippen LogP contribution in [-0.4, -0.2) is 55.6 Å².